The van der Waals surface area contributed by atoms with Gasteiger partial charge in [-0.15, -0.1) is 11.3 Å². The molecule has 1 aromatic heterocycles. The van der Waals surface area contributed by atoms with Crippen LogP contribution in [0.1, 0.15) is 31.2 Å². The summed E-state index contributed by atoms with van der Waals surface area (Å²) in [4.78, 5) is 3.70. The Labute approximate surface area is 90.7 Å². The Bertz CT molecular complexity index is 236. The molecule has 0 aliphatic rings. The minimum Gasteiger partial charge on any atom is -0.326 e. The Morgan fingerprint density at radius 2 is 2.21 bits per heavy atom. The van der Waals surface area contributed by atoms with E-state index < -0.39 is 0 Å². The van der Waals surface area contributed by atoms with Crippen molar-refractivity contribution in [3.63, 3.8) is 0 Å². The maximum absolute atomic E-state index is 6.15. The quantitative estimate of drug-likeness (QED) is 0.812. The van der Waals surface area contributed by atoms with Crippen LogP contribution in [0, 0.1) is 0 Å². The normalized spacial score (nSPS) is 15.8. The maximum atomic E-state index is 6.15. The summed E-state index contributed by atoms with van der Waals surface area (Å²) in [6, 6.07) is 4.89. The average molecular weight is 212 g/mol. The molecule has 0 bridgehead atoms. The molecule has 2 atom stereocenters. The Balaban J connectivity index is 2.82. The molecule has 0 spiro atoms. The van der Waals surface area contributed by atoms with Crippen LogP contribution in [0.3, 0.4) is 0 Å². The molecule has 0 amide bonds. The molecule has 0 saturated heterocycles. The zero-order chi connectivity index (χ0) is 10.6. The summed E-state index contributed by atoms with van der Waals surface area (Å²) in [6.07, 6.45) is 1.02. The van der Waals surface area contributed by atoms with Crippen molar-refractivity contribution in [3.05, 3.63) is 22.4 Å². The second-order valence-corrected chi connectivity index (χ2v) is 4.58. The van der Waals surface area contributed by atoms with Gasteiger partial charge in [0.2, 0.25) is 0 Å². The van der Waals surface area contributed by atoms with Crippen LogP contribution in [0.15, 0.2) is 17.5 Å². The molecule has 2 nitrogen and oxygen atoms in total. The minimum atomic E-state index is 0.235. The van der Waals surface area contributed by atoms with E-state index in [0.717, 1.165) is 13.0 Å². The highest BCUT2D eigenvalue weighted by molar-refractivity contribution is 7.10. The van der Waals surface area contributed by atoms with Gasteiger partial charge < -0.3 is 5.73 Å². The molecule has 2 N–H and O–H groups in total. The van der Waals surface area contributed by atoms with Crippen LogP contribution >= 0.6 is 11.3 Å². The molecular weight excluding hydrogens is 192 g/mol. The molecule has 0 radical (unpaired) electrons. The molecule has 2 unspecified atom stereocenters. The summed E-state index contributed by atoms with van der Waals surface area (Å²) in [7, 11) is 2.14. The molecule has 1 heterocycles. The molecule has 0 saturated carbocycles. The van der Waals surface area contributed by atoms with Crippen molar-refractivity contribution in [1.82, 2.24) is 4.90 Å². The molecular formula is C11H20N2S. The Morgan fingerprint density at radius 3 is 2.64 bits per heavy atom. The minimum absolute atomic E-state index is 0.235. The van der Waals surface area contributed by atoms with E-state index in [2.05, 4.69) is 43.3 Å². The number of hydrogen-bond acceptors (Lipinski definition) is 3. The van der Waals surface area contributed by atoms with Crippen LogP contribution in [0.5, 0.6) is 0 Å². The fourth-order valence-corrected chi connectivity index (χ4v) is 2.60. The smallest absolute Gasteiger partial charge is 0.0590 e. The number of nitrogens with two attached hydrogens (primary N) is 1. The predicted octanol–water partition coefficient (Wildman–Crippen LogP) is 2.48. The number of nitrogens with zero attached hydrogens (tertiary/aromatic N) is 1. The van der Waals surface area contributed by atoms with E-state index in [1.165, 1.54) is 4.88 Å². The third kappa shape index (κ3) is 2.56. The van der Waals surface area contributed by atoms with Crippen LogP contribution in [0.25, 0.3) is 0 Å². The molecule has 14 heavy (non-hydrogen) atoms. The molecule has 0 fully saturated rings. The van der Waals surface area contributed by atoms with Gasteiger partial charge in [-0.2, -0.15) is 0 Å². The van der Waals surface area contributed by atoms with Crippen molar-refractivity contribution in [2.45, 2.75) is 32.4 Å². The van der Waals surface area contributed by atoms with E-state index >= 15 is 0 Å². The highest BCUT2D eigenvalue weighted by atomic mass is 32.1. The Hall–Kier alpha value is -0.380. The summed E-state index contributed by atoms with van der Waals surface area (Å²) in [5.41, 5.74) is 6.15. The van der Waals surface area contributed by atoms with Crippen molar-refractivity contribution >= 4 is 11.3 Å². The zero-order valence-electron chi connectivity index (χ0n) is 9.23. The van der Waals surface area contributed by atoms with Crippen LogP contribution in [0.4, 0.5) is 0 Å². The lowest BCUT2D eigenvalue weighted by molar-refractivity contribution is 0.223. The lowest BCUT2D eigenvalue weighted by Gasteiger charge is -2.30. The Morgan fingerprint density at radius 1 is 1.50 bits per heavy atom. The largest absolute Gasteiger partial charge is 0.326 e. The van der Waals surface area contributed by atoms with E-state index in [0.29, 0.717) is 6.04 Å². The van der Waals surface area contributed by atoms with Gasteiger partial charge in [0, 0.05) is 10.9 Å². The fraction of sp³-hybridized carbons (Fsp3) is 0.636. The molecule has 0 aliphatic carbocycles. The van der Waals surface area contributed by atoms with E-state index in [-0.39, 0.29) is 6.04 Å². The van der Waals surface area contributed by atoms with Crippen molar-refractivity contribution in [1.29, 1.82) is 0 Å². The second kappa shape index (κ2) is 5.49. The molecule has 1 rings (SSSR count). The molecule has 0 aromatic carbocycles. The van der Waals surface area contributed by atoms with Crippen LogP contribution in [-0.4, -0.2) is 24.5 Å². The number of hydrogen-bond donors (Lipinski definition) is 1. The summed E-state index contributed by atoms with van der Waals surface area (Å²) in [5, 5.41) is 2.12. The molecule has 0 aliphatic heterocycles. The average Bonchev–Trinajstić information content (AvgIpc) is 2.70. The van der Waals surface area contributed by atoms with Gasteiger partial charge in [0.05, 0.1) is 6.04 Å². The van der Waals surface area contributed by atoms with Crippen molar-refractivity contribution in [2.75, 3.05) is 13.6 Å². The summed E-state index contributed by atoms with van der Waals surface area (Å²) in [5.74, 6) is 0. The van der Waals surface area contributed by atoms with Crippen LogP contribution in [-0.2, 0) is 0 Å². The standard InChI is InChI=1S/C11H20N2S/c1-4-9(12)11(13(3)5-2)10-7-6-8-14-10/h6-9,11H,4-5,12H2,1-3H3. The van der Waals surface area contributed by atoms with Gasteiger partial charge in [-0.3, -0.25) is 4.90 Å². The lowest BCUT2D eigenvalue weighted by atomic mass is 10.0. The maximum Gasteiger partial charge on any atom is 0.0590 e. The number of likely N-dealkylation sites (N-methyl/N-ethyl adjacent to an activating group) is 1. The van der Waals surface area contributed by atoms with E-state index in [9.17, 15) is 0 Å². The van der Waals surface area contributed by atoms with E-state index in [4.69, 9.17) is 5.73 Å². The number of thiophene rings is 1. The van der Waals surface area contributed by atoms with Crippen LogP contribution in [0.2, 0.25) is 0 Å². The zero-order valence-corrected chi connectivity index (χ0v) is 10.1. The highest BCUT2D eigenvalue weighted by Crippen LogP contribution is 2.27. The van der Waals surface area contributed by atoms with E-state index in [1.807, 2.05) is 0 Å². The van der Waals surface area contributed by atoms with Crippen molar-refractivity contribution < 1.29 is 0 Å². The van der Waals surface area contributed by atoms with Crippen molar-refractivity contribution in [3.8, 4) is 0 Å². The molecule has 1 aromatic rings. The Kier molecular flexibility index (Phi) is 4.58. The second-order valence-electron chi connectivity index (χ2n) is 3.61. The van der Waals surface area contributed by atoms with Gasteiger partial charge in [-0.25, -0.2) is 0 Å². The number of rotatable bonds is 5. The summed E-state index contributed by atoms with van der Waals surface area (Å²) in [6.45, 7) is 5.36. The first-order valence-electron chi connectivity index (χ1n) is 5.19. The van der Waals surface area contributed by atoms with Gasteiger partial charge in [-0.1, -0.05) is 19.9 Å². The third-order valence-electron chi connectivity index (χ3n) is 2.69. The third-order valence-corrected chi connectivity index (χ3v) is 3.63. The van der Waals surface area contributed by atoms with Crippen LogP contribution < -0.4 is 5.73 Å². The van der Waals surface area contributed by atoms with Crippen molar-refractivity contribution in [2.24, 2.45) is 5.73 Å². The monoisotopic (exact) mass is 212 g/mol. The SMILES string of the molecule is CCC(N)C(c1cccs1)N(C)CC. The summed E-state index contributed by atoms with van der Waals surface area (Å²) < 4.78 is 0. The highest BCUT2D eigenvalue weighted by Gasteiger charge is 2.22. The molecule has 3 heteroatoms. The van der Waals surface area contributed by atoms with Gasteiger partial charge in [-0.05, 0) is 31.5 Å². The lowest BCUT2D eigenvalue weighted by Crippen LogP contribution is -2.38. The first-order chi connectivity index (χ1) is 6.70. The molecule has 80 valence electrons. The first kappa shape index (κ1) is 11.7. The van der Waals surface area contributed by atoms with Gasteiger partial charge in [0.1, 0.15) is 0 Å². The van der Waals surface area contributed by atoms with E-state index in [1.54, 1.807) is 11.3 Å². The van der Waals surface area contributed by atoms with Gasteiger partial charge in [0.15, 0.2) is 0 Å². The summed E-state index contributed by atoms with van der Waals surface area (Å²) >= 11 is 1.80. The van der Waals surface area contributed by atoms with Gasteiger partial charge >= 0.3 is 0 Å². The fourth-order valence-electron chi connectivity index (χ4n) is 1.63. The topological polar surface area (TPSA) is 29.3 Å². The first-order valence-corrected chi connectivity index (χ1v) is 6.07. The predicted molar refractivity (Wildman–Crippen MR) is 63.6 cm³/mol. The van der Waals surface area contributed by atoms with Gasteiger partial charge in [0.25, 0.3) is 0 Å².